The molecule has 154 valence electrons. The molecule has 0 radical (unpaired) electrons. The van der Waals surface area contributed by atoms with Gasteiger partial charge in [-0.15, -0.1) is 0 Å². The highest BCUT2D eigenvalue weighted by Gasteiger charge is 2.33. The van der Waals surface area contributed by atoms with E-state index in [0.717, 1.165) is 77.7 Å². The van der Waals surface area contributed by atoms with Gasteiger partial charge in [0.05, 0.1) is 24.2 Å². The van der Waals surface area contributed by atoms with E-state index in [2.05, 4.69) is 27.3 Å². The molecule has 1 aliphatic carbocycles. The predicted octanol–water partition coefficient (Wildman–Crippen LogP) is 2.80. The third kappa shape index (κ3) is 6.29. The van der Waals surface area contributed by atoms with Crippen LogP contribution in [0.1, 0.15) is 56.1 Å². The number of amides is 1. The first-order valence-electron chi connectivity index (χ1n) is 10.8. The highest BCUT2D eigenvalue weighted by atomic mass is 16.2. The molecule has 2 aliphatic rings. The average molecular weight is 394 g/mol. The number of hydrogen-bond acceptors (Lipinski definition) is 5. The lowest BCUT2D eigenvalue weighted by atomic mass is 9.92. The van der Waals surface area contributed by atoms with Gasteiger partial charge in [0, 0.05) is 19.6 Å². The lowest BCUT2D eigenvalue weighted by Crippen LogP contribution is -2.50. The smallest absolute Gasteiger partial charge is 0.235 e. The first-order valence-corrected chi connectivity index (χ1v) is 10.8. The summed E-state index contributed by atoms with van der Waals surface area (Å²) in [4.78, 5) is 17.3. The molecule has 0 unspecified atom stereocenters. The Morgan fingerprint density at radius 1 is 0.931 bits per heavy atom. The fourth-order valence-corrected chi connectivity index (χ4v) is 4.39. The highest BCUT2D eigenvalue weighted by molar-refractivity contribution is 5.79. The molecule has 1 aromatic carbocycles. The van der Waals surface area contributed by atoms with E-state index in [-0.39, 0.29) is 5.91 Å². The van der Waals surface area contributed by atoms with Crippen molar-refractivity contribution >= 4 is 5.91 Å². The zero-order valence-electron chi connectivity index (χ0n) is 17.2. The molecule has 29 heavy (non-hydrogen) atoms. The Balaban J connectivity index is 1.48. The van der Waals surface area contributed by atoms with Crippen LogP contribution in [0.25, 0.3) is 0 Å². The van der Waals surface area contributed by atoms with Gasteiger partial charge in [0.15, 0.2) is 0 Å². The van der Waals surface area contributed by atoms with Crippen molar-refractivity contribution < 1.29 is 4.79 Å². The maximum absolute atomic E-state index is 12.7. The van der Waals surface area contributed by atoms with Crippen LogP contribution in [0.3, 0.4) is 0 Å². The number of hydrogen-bond donors (Lipinski definition) is 1. The molecule has 1 N–H and O–H groups in total. The van der Waals surface area contributed by atoms with Crippen molar-refractivity contribution in [1.29, 1.82) is 10.5 Å². The number of nitrogens with one attached hydrogen (secondary N) is 1. The molecule has 1 amide bonds. The standard InChI is InChI=1S/C23H31N5O/c24-16-20-6-8-21(9-7-20)17-27-12-5-13-28(15-14-27)18-22(29)26-23(19-25)10-3-1-2-4-11-23/h6-9H,1-5,10-15,17-18H2,(H,26,29). The zero-order chi connectivity index (χ0) is 20.5. The van der Waals surface area contributed by atoms with Gasteiger partial charge < -0.3 is 5.32 Å². The molecule has 1 saturated carbocycles. The van der Waals surface area contributed by atoms with Gasteiger partial charge in [0.25, 0.3) is 0 Å². The van der Waals surface area contributed by atoms with Crippen molar-refractivity contribution in [3.63, 3.8) is 0 Å². The van der Waals surface area contributed by atoms with Crippen molar-refractivity contribution in [3.05, 3.63) is 35.4 Å². The van der Waals surface area contributed by atoms with Gasteiger partial charge in [0.2, 0.25) is 5.91 Å². The fraction of sp³-hybridized carbons (Fsp3) is 0.609. The third-order valence-corrected chi connectivity index (χ3v) is 6.09. The van der Waals surface area contributed by atoms with Crippen LogP contribution in [0, 0.1) is 22.7 Å². The fourth-order valence-electron chi connectivity index (χ4n) is 4.39. The molecule has 0 bridgehead atoms. The molecule has 1 aromatic rings. The summed E-state index contributed by atoms with van der Waals surface area (Å²) < 4.78 is 0. The average Bonchev–Trinajstić information content (AvgIpc) is 3.10. The maximum Gasteiger partial charge on any atom is 0.235 e. The first kappa shape index (κ1) is 21.3. The molecule has 1 aliphatic heterocycles. The third-order valence-electron chi connectivity index (χ3n) is 6.09. The van der Waals surface area contributed by atoms with E-state index in [1.165, 1.54) is 5.56 Å². The zero-order valence-corrected chi connectivity index (χ0v) is 17.2. The molecule has 0 atom stereocenters. The Bertz CT molecular complexity index is 753. The molecule has 3 rings (SSSR count). The van der Waals surface area contributed by atoms with Gasteiger partial charge in [-0.2, -0.15) is 10.5 Å². The number of nitriles is 2. The van der Waals surface area contributed by atoms with Gasteiger partial charge in [-0.3, -0.25) is 14.6 Å². The number of carbonyl (C=O) groups excluding carboxylic acids is 1. The van der Waals surface area contributed by atoms with Crippen LogP contribution in [0.4, 0.5) is 0 Å². The molecular weight excluding hydrogens is 362 g/mol. The Labute approximate surface area is 174 Å². The van der Waals surface area contributed by atoms with E-state index in [1.54, 1.807) is 0 Å². The van der Waals surface area contributed by atoms with Gasteiger partial charge in [-0.1, -0.05) is 37.8 Å². The quantitative estimate of drug-likeness (QED) is 0.778. The molecular formula is C23H31N5O. The molecule has 2 fully saturated rings. The summed E-state index contributed by atoms with van der Waals surface area (Å²) in [6.07, 6.45) is 6.90. The second-order valence-corrected chi connectivity index (χ2v) is 8.37. The minimum absolute atomic E-state index is 0.0195. The van der Waals surface area contributed by atoms with Gasteiger partial charge in [-0.25, -0.2) is 0 Å². The Morgan fingerprint density at radius 2 is 1.59 bits per heavy atom. The van der Waals surface area contributed by atoms with Crippen LogP contribution >= 0.6 is 0 Å². The topological polar surface area (TPSA) is 83.2 Å². The SMILES string of the molecule is N#Cc1ccc(CN2CCCN(CC(=O)NC3(C#N)CCCCCC3)CC2)cc1. The highest BCUT2D eigenvalue weighted by Crippen LogP contribution is 2.26. The summed E-state index contributed by atoms with van der Waals surface area (Å²) in [6.45, 7) is 4.90. The van der Waals surface area contributed by atoms with Crippen LogP contribution in [0.5, 0.6) is 0 Å². The summed E-state index contributed by atoms with van der Waals surface area (Å²) in [6, 6.07) is 12.3. The van der Waals surface area contributed by atoms with Crippen molar-refractivity contribution in [1.82, 2.24) is 15.1 Å². The van der Waals surface area contributed by atoms with Crippen molar-refractivity contribution in [2.24, 2.45) is 0 Å². The van der Waals surface area contributed by atoms with E-state index < -0.39 is 5.54 Å². The minimum atomic E-state index is -0.666. The van der Waals surface area contributed by atoms with E-state index in [4.69, 9.17) is 5.26 Å². The van der Waals surface area contributed by atoms with Crippen LogP contribution in [0.2, 0.25) is 0 Å². The second-order valence-electron chi connectivity index (χ2n) is 8.37. The summed E-state index contributed by atoms with van der Waals surface area (Å²) >= 11 is 0. The monoisotopic (exact) mass is 393 g/mol. The number of rotatable bonds is 5. The van der Waals surface area contributed by atoms with Crippen LogP contribution < -0.4 is 5.32 Å². The van der Waals surface area contributed by atoms with Crippen LogP contribution in [0.15, 0.2) is 24.3 Å². The molecule has 1 heterocycles. The van der Waals surface area contributed by atoms with Crippen LogP contribution in [-0.2, 0) is 11.3 Å². The molecule has 0 aromatic heterocycles. The maximum atomic E-state index is 12.7. The van der Waals surface area contributed by atoms with Gasteiger partial charge >= 0.3 is 0 Å². The van der Waals surface area contributed by atoms with Crippen molar-refractivity contribution in [2.45, 2.75) is 57.0 Å². The summed E-state index contributed by atoms with van der Waals surface area (Å²) in [5.74, 6) is -0.0195. The normalized spacial score (nSPS) is 20.6. The van der Waals surface area contributed by atoms with E-state index in [0.29, 0.717) is 12.1 Å². The summed E-state index contributed by atoms with van der Waals surface area (Å²) in [5, 5.41) is 21.7. The molecule has 6 nitrogen and oxygen atoms in total. The van der Waals surface area contributed by atoms with Gasteiger partial charge in [0.1, 0.15) is 5.54 Å². The predicted molar refractivity (Wildman–Crippen MR) is 112 cm³/mol. The Morgan fingerprint density at radius 3 is 2.24 bits per heavy atom. The summed E-state index contributed by atoms with van der Waals surface area (Å²) in [5.41, 5.74) is 1.23. The number of benzene rings is 1. The van der Waals surface area contributed by atoms with E-state index in [1.807, 2.05) is 24.3 Å². The Kier molecular flexibility index (Phi) is 7.63. The molecule has 1 saturated heterocycles. The van der Waals surface area contributed by atoms with E-state index >= 15 is 0 Å². The number of carbonyl (C=O) groups is 1. The van der Waals surface area contributed by atoms with Gasteiger partial charge in [-0.05, 0) is 50.0 Å². The van der Waals surface area contributed by atoms with Crippen LogP contribution in [-0.4, -0.2) is 54.0 Å². The number of nitrogens with zero attached hydrogens (tertiary/aromatic N) is 4. The Hall–Kier alpha value is -2.41. The molecule has 0 spiro atoms. The van der Waals surface area contributed by atoms with Crippen molar-refractivity contribution in [2.75, 3.05) is 32.7 Å². The second kappa shape index (κ2) is 10.4. The summed E-state index contributed by atoms with van der Waals surface area (Å²) in [7, 11) is 0. The molecule has 6 heteroatoms. The van der Waals surface area contributed by atoms with Crippen molar-refractivity contribution in [3.8, 4) is 12.1 Å². The minimum Gasteiger partial charge on any atom is -0.337 e. The largest absolute Gasteiger partial charge is 0.337 e. The lowest BCUT2D eigenvalue weighted by Gasteiger charge is -2.28. The lowest BCUT2D eigenvalue weighted by molar-refractivity contribution is -0.123. The first-order chi connectivity index (χ1) is 14.1. The van der Waals surface area contributed by atoms with E-state index in [9.17, 15) is 10.1 Å².